The molecule has 0 aliphatic carbocycles. The topological polar surface area (TPSA) is 38.8 Å². The van der Waals surface area contributed by atoms with Gasteiger partial charge in [-0.05, 0) is 12.8 Å². The number of cyclic esters (lactones) is 1. The molecule has 3 fully saturated rings. The smallest absolute Gasteiger partial charge is 0.309 e. The van der Waals surface area contributed by atoms with Crippen LogP contribution in [0.5, 0.6) is 0 Å². The Balaban J connectivity index is 1.78. The highest BCUT2D eigenvalue weighted by Crippen LogP contribution is 2.41. The fraction of sp³-hybridized carbons (Fsp3) is 0.889. The maximum absolute atomic E-state index is 11.0. The summed E-state index contributed by atoms with van der Waals surface area (Å²) in [4.78, 5) is 16.8. The second-order valence-electron chi connectivity index (χ2n) is 4.25. The van der Waals surface area contributed by atoms with Crippen molar-refractivity contribution in [1.29, 1.82) is 0 Å². The number of ether oxygens (including phenoxy) is 1. The molecule has 0 radical (unpaired) electrons. The zero-order valence-electron chi connectivity index (χ0n) is 7.49. The number of hydrogen-bond donors (Lipinski definition) is 0. The molecule has 2 atom stereocenters. The van der Waals surface area contributed by atoms with Crippen LogP contribution in [0.1, 0.15) is 25.7 Å². The van der Waals surface area contributed by atoms with E-state index in [0.29, 0.717) is 19.1 Å². The highest BCUT2D eigenvalue weighted by atomic mass is 16.7. The molecule has 4 heteroatoms. The lowest BCUT2D eigenvalue weighted by atomic mass is 9.94. The molecule has 4 nitrogen and oxygen atoms in total. The van der Waals surface area contributed by atoms with E-state index >= 15 is 0 Å². The predicted octanol–water partition coefficient (Wildman–Crippen LogP) is 0.472. The Labute approximate surface area is 76.7 Å². The van der Waals surface area contributed by atoms with Crippen LogP contribution < -0.4 is 0 Å². The van der Waals surface area contributed by atoms with E-state index in [1.165, 1.54) is 12.8 Å². The summed E-state index contributed by atoms with van der Waals surface area (Å²) >= 11 is 0. The average molecular weight is 183 g/mol. The molecule has 3 heterocycles. The summed E-state index contributed by atoms with van der Waals surface area (Å²) in [6.45, 7) is 1.47. The summed E-state index contributed by atoms with van der Waals surface area (Å²) in [6.07, 6.45) is 3.84. The predicted molar refractivity (Wildman–Crippen MR) is 43.7 cm³/mol. The van der Waals surface area contributed by atoms with E-state index < -0.39 is 0 Å². The van der Waals surface area contributed by atoms with E-state index in [9.17, 15) is 4.79 Å². The first kappa shape index (κ1) is 7.76. The van der Waals surface area contributed by atoms with Crippen LogP contribution in [0.3, 0.4) is 0 Å². The third kappa shape index (κ3) is 1.09. The van der Waals surface area contributed by atoms with Crippen molar-refractivity contribution in [3.63, 3.8) is 0 Å². The average Bonchev–Trinajstić information content (AvgIpc) is 2.67. The van der Waals surface area contributed by atoms with Gasteiger partial charge in [-0.1, -0.05) is 0 Å². The van der Waals surface area contributed by atoms with Gasteiger partial charge in [-0.2, -0.15) is 5.06 Å². The normalized spacial score (nSPS) is 44.3. The first-order chi connectivity index (χ1) is 6.27. The quantitative estimate of drug-likeness (QED) is 0.512. The molecule has 3 saturated heterocycles. The molecular formula is C9H13NO3. The third-order valence-corrected chi connectivity index (χ3v) is 3.20. The number of esters is 1. The minimum Gasteiger partial charge on any atom is -0.462 e. The lowest BCUT2D eigenvalue weighted by Gasteiger charge is -2.19. The Morgan fingerprint density at radius 1 is 1.54 bits per heavy atom. The second kappa shape index (κ2) is 2.45. The summed E-state index contributed by atoms with van der Waals surface area (Å²) in [5.41, 5.74) is -0.290. The van der Waals surface area contributed by atoms with E-state index in [4.69, 9.17) is 9.57 Å². The van der Waals surface area contributed by atoms with Crippen LogP contribution in [0, 0.1) is 0 Å². The van der Waals surface area contributed by atoms with Gasteiger partial charge in [-0.25, -0.2) is 0 Å². The van der Waals surface area contributed by atoms with Gasteiger partial charge in [-0.3, -0.25) is 9.63 Å². The van der Waals surface area contributed by atoms with Crippen LogP contribution in [0.2, 0.25) is 0 Å². The first-order valence-corrected chi connectivity index (χ1v) is 4.89. The van der Waals surface area contributed by atoms with Crippen molar-refractivity contribution in [1.82, 2.24) is 5.06 Å². The summed E-state index contributed by atoms with van der Waals surface area (Å²) in [6, 6.07) is 0.537. The van der Waals surface area contributed by atoms with Gasteiger partial charge in [0.2, 0.25) is 0 Å². The van der Waals surface area contributed by atoms with Crippen molar-refractivity contribution in [2.45, 2.75) is 37.3 Å². The lowest BCUT2D eigenvalue weighted by Crippen LogP contribution is -2.31. The molecule has 13 heavy (non-hydrogen) atoms. The van der Waals surface area contributed by atoms with Gasteiger partial charge in [0.1, 0.15) is 12.2 Å². The van der Waals surface area contributed by atoms with Crippen LogP contribution in [0.15, 0.2) is 0 Å². The van der Waals surface area contributed by atoms with E-state index in [1.807, 2.05) is 5.06 Å². The van der Waals surface area contributed by atoms with E-state index in [1.54, 1.807) is 0 Å². The van der Waals surface area contributed by atoms with Crippen LogP contribution in [0.4, 0.5) is 0 Å². The van der Waals surface area contributed by atoms with Crippen LogP contribution in [0.25, 0.3) is 0 Å². The number of hydrogen-bond acceptors (Lipinski definition) is 4. The summed E-state index contributed by atoms with van der Waals surface area (Å²) in [7, 11) is 0. The highest BCUT2D eigenvalue weighted by Gasteiger charge is 2.52. The van der Waals surface area contributed by atoms with Crippen LogP contribution in [-0.2, 0) is 14.4 Å². The Bertz CT molecular complexity index is 241. The zero-order chi connectivity index (χ0) is 8.89. The summed E-state index contributed by atoms with van der Waals surface area (Å²) in [5.74, 6) is -0.110. The molecule has 0 aromatic heterocycles. The number of carbonyl (C=O) groups is 1. The van der Waals surface area contributed by atoms with Gasteiger partial charge in [0.05, 0.1) is 6.42 Å². The van der Waals surface area contributed by atoms with E-state index in [0.717, 1.165) is 13.0 Å². The molecule has 0 N–H and O–H groups in total. The lowest BCUT2D eigenvalue weighted by molar-refractivity contribution is -0.192. The molecule has 1 spiro atoms. The number of rotatable bonds is 0. The fourth-order valence-corrected chi connectivity index (χ4v) is 2.62. The standard InChI is InChI=1S/C9H13NO3/c11-8-5-9(6-12-8)4-7-2-1-3-10(7)13-9/h7H,1-6H2/t7-,9-/m0/s1. The molecular weight excluding hydrogens is 170 g/mol. The van der Waals surface area contributed by atoms with Crippen molar-refractivity contribution in [2.24, 2.45) is 0 Å². The molecule has 3 aliphatic heterocycles. The van der Waals surface area contributed by atoms with E-state index in [-0.39, 0.29) is 11.6 Å². The van der Waals surface area contributed by atoms with Crippen LogP contribution >= 0.6 is 0 Å². The molecule has 0 aromatic carbocycles. The third-order valence-electron chi connectivity index (χ3n) is 3.20. The first-order valence-electron chi connectivity index (χ1n) is 4.89. The van der Waals surface area contributed by atoms with Gasteiger partial charge in [-0.15, -0.1) is 0 Å². The Morgan fingerprint density at radius 3 is 3.15 bits per heavy atom. The summed E-state index contributed by atoms with van der Waals surface area (Å²) < 4.78 is 4.97. The van der Waals surface area contributed by atoms with Gasteiger partial charge in [0.25, 0.3) is 0 Å². The maximum atomic E-state index is 11.0. The minimum atomic E-state index is -0.290. The largest absolute Gasteiger partial charge is 0.462 e. The Morgan fingerprint density at radius 2 is 2.46 bits per heavy atom. The molecule has 72 valence electrons. The fourth-order valence-electron chi connectivity index (χ4n) is 2.62. The number of fused-ring (bicyclic) bond motifs is 1. The molecule has 0 saturated carbocycles. The summed E-state index contributed by atoms with van der Waals surface area (Å²) in [5, 5.41) is 2.04. The van der Waals surface area contributed by atoms with Crippen LogP contribution in [-0.4, -0.2) is 35.8 Å². The van der Waals surface area contributed by atoms with Crippen molar-refractivity contribution in [3.05, 3.63) is 0 Å². The molecule has 0 aromatic rings. The Kier molecular flexibility index (Phi) is 1.46. The minimum absolute atomic E-state index is 0.110. The molecule has 3 rings (SSSR count). The number of nitrogens with zero attached hydrogens (tertiary/aromatic N) is 1. The Hall–Kier alpha value is -0.610. The molecule has 0 amide bonds. The van der Waals surface area contributed by atoms with Gasteiger partial charge < -0.3 is 4.74 Å². The van der Waals surface area contributed by atoms with Crippen molar-refractivity contribution < 1.29 is 14.4 Å². The van der Waals surface area contributed by atoms with Gasteiger partial charge in [0, 0.05) is 19.0 Å². The molecule has 0 bridgehead atoms. The van der Waals surface area contributed by atoms with Crippen molar-refractivity contribution in [2.75, 3.05) is 13.2 Å². The van der Waals surface area contributed by atoms with E-state index in [2.05, 4.69) is 0 Å². The SMILES string of the molecule is O=C1C[C@]2(CO1)C[C@@H]1CCCN1O2. The van der Waals surface area contributed by atoms with Gasteiger partial charge in [0.15, 0.2) is 0 Å². The second-order valence-corrected chi connectivity index (χ2v) is 4.25. The number of carbonyl (C=O) groups excluding carboxylic acids is 1. The number of hydroxylamine groups is 2. The maximum Gasteiger partial charge on any atom is 0.309 e. The zero-order valence-corrected chi connectivity index (χ0v) is 7.49. The van der Waals surface area contributed by atoms with Crippen molar-refractivity contribution >= 4 is 5.97 Å². The van der Waals surface area contributed by atoms with Gasteiger partial charge >= 0.3 is 5.97 Å². The molecule has 0 unspecified atom stereocenters. The highest BCUT2D eigenvalue weighted by molar-refractivity contribution is 5.73. The monoisotopic (exact) mass is 183 g/mol. The van der Waals surface area contributed by atoms with Crippen molar-refractivity contribution in [3.8, 4) is 0 Å². The molecule has 3 aliphatic rings.